The molecule has 19 heavy (non-hydrogen) atoms. The molecule has 0 aromatic rings. The normalized spacial score (nSPS) is 12.7. The van der Waals surface area contributed by atoms with Crippen molar-refractivity contribution in [3.63, 3.8) is 0 Å². The second-order valence-electron chi connectivity index (χ2n) is 4.05. The Morgan fingerprint density at radius 1 is 1.11 bits per heavy atom. The third kappa shape index (κ3) is 6.96. The van der Waals surface area contributed by atoms with Crippen molar-refractivity contribution in [3.05, 3.63) is 12.2 Å². The zero-order chi connectivity index (χ0) is 14.7. The van der Waals surface area contributed by atoms with E-state index < -0.39 is 17.9 Å². The molecule has 0 saturated carbocycles. The second-order valence-corrected chi connectivity index (χ2v) is 4.05. The Kier molecular flexibility index (Phi) is 9.80. The van der Waals surface area contributed by atoms with E-state index in [0.29, 0.717) is 6.61 Å². The third-order valence-electron chi connectivity index (χ3n) is 2.54. The highest BCUT2D eigenvalue weighted by molar-refractivity contribution is 5.95. The summed E-state index contributed by atoms with van der Waals surface area (Å²) in [6.07, 6.45) is 4.44. The number of allylic oxidation sites excluding steroid dienone is 1. The topological polar surface area (TPSA) is 61.8 Å². The molecule has 0 aromatic heterocycles. The summed E-state index contributed by atoms with van der Waals surface area (Å²) >= 11 is 0. The minimum absolute atomic E-state index is 0.245. The Morgan fingerprint density at radius 3 is 2.05 bits per heavy atom. The lowest BCUT2D eigenvalue weighted by Crippen LogP contribution is -2.32. The molecule has 0 aliphatic carbocycles. The van der Waals surface area contributed by atoms with Crippen LogP contribution < -0.4 is 0 Å². The fourth-order valence-electron chi connectivity index (χ4n) is 1.60. The van der Waals surface area contributed by atoms with E-state index in [1.807, 2.05) is 12.2 Å². The van der Waals surface area contributed by atoms with E-state index in [0.717, 1.165) is 6.42 Å². The van der Waals surface area contributed by atoms with Crippen molar-refractivity contribution in [2.24, 2.45) is 11.8 Å². The monoisotopic (exact) mass is 272 g/mol. The van der Waals surface area contributed by atoms with Crippen molar-refractivity contribution in [2.75, 3.05) is 26.9 Å². The van der Waals surface area contributed by atoms with Gasteiger partial charge in [0.25, 0.3) is 0 Å². The van der Waals surface area contributed by atoms with Crippen LogP contribution in [-0.2, 0) is 23.8 Å². The van der Waals surface area contributed by atoms with Crippen LogP contribution in [0.3, 0.4) is 0 Å². The van der Waals surface area contributed by atoms with Crippen molar-refractivity contribution in [2.45, 2.75) is 27.2 Å². The van der Waals surface area contributed by atoms with Crippen LogP contribution >= 0.6 is 0 Å². The molecule has 0 bridgehead atoms. The summed E-state index contributed by atoms with van der Waals surface area (Å²) in [4.78, 5) is 23.6. The van der Waals surface area contributed by atoms with Crippen LogP contribution in [0.15, 0.2) is 12.2 Å². The Hall–Kier alpha value is -1.36. The van der Waals surface area contributed by atoms with Crippen LogP contribution in [0.5, 0.6) is 0 Å². The fourth-order valence-corrected chi connectivity index (χ4v) is 1.60. The van der Waals surface area contributed by atoms with E-state index in [-0.39, 0.29) is 19.1 Å². The predicted octanol–water partition coefficient (Wildman–Crippen LogP) is 1.96. The number of carbonyl (C=O) groups is 2. The molecule has 110 valence electrons. The van der Waals surface area contributed by atoms with Gasteiger partial charge in [0.05, 0.1) is 13.2 Å². The Balaban J connectivity index is 4.66. The first kappa shape index (κ1) is 17.6. The summed E-state index contributed by atoms with van der Waals surface area (Å²) in [5.74, 6) is -2.25. The van der Waals surface area contributed by atoms with Crippen LogP contribution in [-0.4, -0.2) is 38.9 Å². The van der Waals surface area contributed by atoms with Crippen molar-refractivity contribution in [1.29, 1.82) is 0 Å². The molecule has 0 rings (SSSR count). The third-order valence-corrected chi connectivity index (χ3v) is 2.54. The van der Waals surface area contributed by atoms with Gasteiger partial charge in [-0.05, 0) is 26.2 Å². The van der Waals surface area contributed by atoms with E-state index >= 15 is 0 Å². The quantitative estimate of drug-likeness (QED) is 0.278. The molecule has 1 unspecified atom stereocenters. The molecule has 0 radical (unpaired) electrons. The number of hydrogen-bond acceptors (Lipinski definition) is 5. The van der Waals surface area contributed by atoms with Crippen molar-refractivity contribution in [1.82, 2.24) is 0 Å². The minimum Gasteiger partial charge on any atom is -0.465 e. The summed E-state index contributed by atoms with van der Waals surface area (Å²) < 4.78 is 14.8. The zero-order valence-electron chi connectivity index (χ0n) is 12.2. The highest BCUT2D eigenvalue weighted by atomic mass is 16.6. The maximum Gasteiger partial charge on any atom is 0.320 e. The zero-order valence-corrected chi connectivity index (χ0v) is 12.2. The number of carbonyl (C=O) groups excluding carboxylic acids is 2. The second kappa shape index (κ2) is 10.6. The molecule has 1 atom stereocenters. The maximum absolute atomic E-state index is 11.8. The number of methoxy groups -OCH3 is 1. The van der Waals surface area contributed by atoms with Gasteiger partial charge in [-0.2, -0.15) is 0 Å². The van der Waals surface area contributed by atoms with Gasteiger partial charge < -0.3 is 14.2 Å². The molecule has 0 aliphatic heterocycles. The SMILES string of the molecule is CCOC(=O)C(C(=O)OCC)C(C)/C=C/CCOC. The summed E-state index contributed by atoms with van der Waals surface area (Å²) in [7, 11) is 1.62. The van der Waals surface area contributed by atoms with Crippen LogP contribution in [0.25, 0.3) is 0 Å². The van der Waals surface area contributed by atoms with Gasteiger partial charge in [-0.1, -0.05) is 19.1 Å². The molecule has 0 saturated heterocycles. The standard InChI is InChI=1S/C14H24O5/c1-5-18-13(15)12(14(16)19-6-2)11(3)9-7-8-10-17-4/h7,9,11-12H,5-6,8,10H2,1-4H3/b9-7+. The molecule has 0 spiro atoms. The Morgan fingerprint density at radius 2 is 1.63 bits per heavy atom. The summed E-state index contributed by atoms with van der Waals surface area (Å²) in [5, 5.41) is 0. The van der Waals surface area contributed by atoms with Gasteiger partial charge in [0, 0.05) is 13.7 Å². The Labute approximate surface area is 114 Å². The van der Waals surface area contributed by atoms with Gasteiger partial charge in [0.2, 0.25) is 0 Å². The predicted molar refractivity (Wildman–Crippen MR) is 71.6 cm³/mol. The number of esters is 2. The molecule has 0 aromatic carbocycles. The van der Waals surface area contributed by atoms with Gasteiger partial charge in [0.15, 0.2) is 5.92 Å². The Bertz CT molecular complexity index is 280. The van der Waals surface area contributed by atoms with Crippen LogP contribution in [0.2, 0.25) is 0 Å². The highest BCUT2D eigenvalue weighted by Crippen LogP contribution is 2.17. The number of rotatable bonds is 9. The van der Waals surface area contributed by atoms with Gasteiger partial charge in [-0.25, -0.2) is 0 Å². The van der Waals surface area contributed by atoms with Crippen molar-refractivity contribution >= 4 is 11.9 Å². The first-order chi connectivity index (χ1) is 9.08. The first-order valence-corrected chi connectivity index (χ1v) is 6.57. The van der Waals surface area contributed by atoms with Gasteiger partial charge in [-0.15, -0.1) is 0 Å². The van der Waals surface area contributed by atoms with E-state index in [9.17, 15) is 9.59 Å². The van der Waals surface area contributed by atoms with E-state index in [1.165, 1.54) is 0 Å². The minimum atomic E-state index is -0.904. The van der Waals surface area contributed by atoms with Crippen molar-refractivity contribution in [3.8, 4) is 0 Å². The van der Waals surface area contributed by atoms with Gasteiger partial charge in [-0.3, -0.25) is 9.59 Å². The molecule has 0 fully saturated rings. The van der Waals surface area contributed by atoms with E-state index in [1.54, 1.807) is 27.9 Å². The van der Waals surface area contributed by atoms with Gasteiger partial charge >= 0.3 is 11.9 Å². The lowest BCUT2D eigenvalue weighted by molar-refractivity contribution is -0.163. The van der Waals surface area contributed by atoms with E-state index in [2.05, 4.69) is 0 Å². The van der Waals surface area contributed by atoms with Crippen LogP contribution in [0, 0.1) is 11.8 Å². The fraction of sp³-hybridized carbons (Fsp3) is 0.714. The number of ether oxygens (including phenoxy) is 3. The highest BCUT2D eigenvalue weighted by Gasteiger charge is 2.33. The average Bonchev–Trinajstić information content (AvgIpc) is 2.35. The molecule has 5 nitrogen and oxygen atoms in total. The lowest BCUT2D eigenvalue weighted by atomic mass is 9.93. The molecular weight excluding hydrogens is 248 g/mol. The average molecular weight is 272 g/mol. The molecular formula is C14H24O5. The maximum atomic E-state index is 11.8. The summed E-state index contributed by atoms with van der Waals surface area (Å²) in [6, 6.07) is 0. The molecule has 0 amide bonds. The smallest absolute Gasteiger partial charge is 0.320 e. The molecule has 0 heterocycles. The summed E-state index contributed by atoms with van der Waals surface area (Å²) in [5.41, 5.74) is 0. The summed E-state index contributed by atoms with van der Waals surface area (Å²) in [6.45, 7) is 6.30. The molecule has 5 heteroatoms. The van der Waals surface area contributed by atoms with Gasteiger partial charge in [0.1, 0.15) is 0 Å². The lowest BCUT2D eigenvalue weighted by Gasteiger charge is -2.18. The molecule has 0 N–H and O–H groups in total. The largest absolute Gasteiger partial charge is 0.465 e. The van der Waals surface area contributed by atoms with E-state index in [4.69, 9.17) is 14.2 Å². The van der Waals surface area contributed by atoms with Crippen LogP contribution in [0.1, 0.15) is 27.2 Å². The van der Waals surface area contributed by atoms with Crippen molar-refractivity contribution < 1.29 is 23.8 Å². The van der Waals surface area contributed by atoms with Crippen LogP contribution in [0.4, 0.5) is 0 Å². The first-order valence-electron chi connectivity index (χ1n) is 6.57. The molecule has 0 aliphatic rings. The number of hydrogen-bond donors (Lipinski definition) is 0.